The predicted octanol–water partition coefficient (Wildman–Crippen LogP) is 2.01. The first kappa shape index (κ1) is 20.2. The minimum absolute atomic E-state index is 0.0554. The Morgan fingerprint density at radius 2 is 1.77 bits per heavy atom. The molecule has 0 aromatic heterocycles. The van der Waals surface area contributed by atoms with Gasteiger partial charge in [-0.3, -0.25) is 4.79 Å². The summed E-state index contributed by atoms with van der Waals surface area (Å²) in [5, 5.41) is 9.59. The Kier molecular flexibility index (Phi) is 5.55. The van der Waals surface area contributed by atoms with Crippen LogP contribution in [0.2, 0.25) is 0 Å². The molecule has 148 valence electrons. The third-order valence-electron chi connectivity index (χ3n) is 6.18. The van der Waals surface area contributed by atoms with Crippen molar-refractivity contribution in [2.45, 2.75) is 64.1 Å². The Bertz CT molecular complexity index is 558. The number of rotatable bonds is 4. The number of likely N-dealkylation sites (N-methyl/N-ethyl adjacent to an activating group) is 2. The van der Waals surface area contributed by atoms with Crippen LogP contribution in [0.3, 0.4) is 0 Å². The van der Waals surface area contributed by atoms with Crippen molar-refractivity contribution in [3.8, 4) is 0 Å². The van der Waals surface area contributed by atoms with Crippen LogP contribution >= 0.6 is 7.79 Å². The molecule has 1 aliphatic heterocycles. The number of carbonyl (C=O) groups excluding carboxylic acids is 1. The van der Waals surface area contributed by atoms with Gasteiger partial charge < -0.3 is 14.7 Å². The number of carbonyl (C=O) groups is 1. The maximum Gasteiger partial charge on any atom is 0.310 e. The van der Waals surface area contributed by atoms with Crippen LogP contribution in [0.15, 0.2) is 11.9 Å². The summed E-state index contributed by atoms with van der Waals surface area (Å²) in [6.07, 6.45) is 6.46. The highest BCUT2D eigenvalue weighted by Crippen LogP contribution is 2.66. The van der Waals surface area contributed by atoms with Crippen molar-refractivity contribution in [2.24, 2.45) is 17.8 Å². The van der Waals surface area contributed by atoms with Gasteiger partial charge in [-0.15, -0.1) is 0 Å². The van der Waals surface area contributed by atoms with Gasteiger partial charge in [-0.25, -0.2) is 0 Å². The molecule has 26 heavy (non-hydrogen) atoms. The highest BCUT2D eigenvalue weighted by molar-refractivity contribution is 7.67. The van der Waals surface area contributed by atoms with Crippen molar-refractivity contribution in [2.75, 3.05) is 20.7 Å². The van der Waals surface area contributed by atoms with Crippen molar-refractivity contribution in [3.63, 3.8) is 0 Å². The Morgan fingerprint density at radius 3 is 2.23 bits per heavy atom. The van der Waals surface area contributed by atoms with Crippen LogP contribution in [0.4, 0.5) is 0 Å². The third kappa shape index (κ3) is 3.59. The summed E-state index contributed by atoms with van der Waals surface area (Å²) in [4.78, 5) is 26.0. The van der Waals surface area contributed by atoms with Crippen LogP contribution in [-0.4, -0.2) is 58.8 Å². The van der Waals surface area contributed by atoms with E-state index in [0.717, 1.165) is 12.8 Å². The highest BCUT2D eigenvalue weighted by Gasteiger charge is 2.57. The van der Waals surface area contributed by atoms with Crippen LogP contribution in [0, 0.1) is 17.8 Å². The van der Waals surface area contributed by atoms with Gasteiger partial charge in [0.25, 0.3) is 0 Å². The van der Waals surface area contributed by atoms with Crippen LogP contribution in [0.1, 0.15) is 46.5 Å². The Balaban J connectivity index is 1.71. The number of aliphatic hydroxyl groups excluding tert-OH is 1. The quantitative estimate of drug-likeness (QED) is 0.590. The lowest BCUT2D eigenvalue weighted by atomic mass is 9.91. The van der Waals surface area contributed by atoms with E-state index in [1.54, 1.807) is 0 Å². The van der Waals surface area contributed by atoms with Gasteiger partial charge in [-0.05, 0) is 45.6 Å². The Morgan fingerprint density at radius 1 is 1.23 bits per heavy atom. The molecule has 0 aromatic rings. The molecule has 0 aromatic carbocycles. The molecule has 3 aliphatic rings. The summed E-state index contributed by atoms with van der Waals surface area (Å²) in [6.45, 7) is 5.47. The number of allylic oxidation sites excluding steroid dienone is 1. The average molecular weight is 384 g/mol. The summed E-state index contributed by atoms with van der Waals surface area (Å²) >= 11 is 0. The lowest BCUT2D eigenvalue weighted by Crippen LogP contribution is -2.37. The normalized spacial score (nSPS) is 37.7. The summed E-state index contributed by atoms with van der Waals surface area (Å²) in [5.74, 6) is 0.982. The molecular formula is C19H33N2O4P. The summed E-state index contributed by atoms with van der Waals surface area (Å²) in [6, 6.07) is 0.692. The number of aliphatic hydroxyl groups is 1. The first-order valence-corrected chi connectivity index (χ1v) is 11.4. The van der Waals surface area contributed by atoms with Gasteiger partial charge in [-0.2, -0.15) is 9.34 Å². The molecule has 6 nitrogen and oxygen atoms in total. The Hall–Kier alpha value is -0.520. The molecule has 3 fully saturated rings. The lowest BCUT2D eigenvalue weighted by molar-refractivity contribution is -0.185. The van der Waals surface area contributed by atoms with E-state index in [0.29, 0.717) is 12.1 Å². The molecule has 1 heterocycles. The molecule has 7 heteroatoms. The van der Waals surface area contributed by atoms with Gasteiger partial charge >= 0.3 is 5.97 Å². The minimum Gasteiger partial charge on any atom is -0.647 e. The number of esters is 1. The highest BCUT2D eigenvalue weighted by atomic mass is 31.2. The smallest absolute Gasteiger partial charge is 0.310 e. The first-order valence-electron chi connectivity index (χ1n) is 9.69. The maximum absolute atomic E-state index is 13.7. The van der Waals surface area contributed by atoms with Gasteiger partial charge in [0, 0.05) is 26.6 Å². The van der Waals surface area contributed by atoms with Gasteiger partial charge in [0.2, 0.25) is 0 Å². The van der Waals surface area contributed by atoms with Gasteiger partial charge in [0.15, 0.2) is 0 Å². The van der Waals surface area contributed by atoms with Gasteiger partial charge in [0.1, 0.15) is 13.4 Å². The SMILES string of the molecule is CN1[C@@H]2CCCC[C@H]2N(C)[P+]1([O-])/C=C/[C@@H]1[C@H](CO)[C@H]1C(=O)OC(C)(C)C. The largest absolute Gasteiger partial charge is 0.647 e. The van der Waals surface area contributed by atoms with E-state index in [1.807, 2.05) is 56.1 Å². The fourth-order valence-electron chi connectivity index (χ4n) is 4.63. The molecule has 0 radical (unpaired) electrons. The summed E-state index contributed by atoms with van der Waals surface area (Å²) in [7, 11) is 1.16. The lowest BCUT2D eigenvalue weighted by Gasteiger charge is -2.34. The number of hydrogen-bond donors (Lipinski definition) is 1. The molecular weight excluding hydrogens is 351 g/mol. The summed E-state index contributed by atoms with van der Waals surface area (Å²) in [5.41, 5.74) is -0.539. The van der Waals surface area contributed by atoms with E-state index in [2.05, 4.69) is 0 Å². The van der Waals surface area contributed by atoms with Crippen LogP contribution in [0.25, 0.3) is 0 Å². The third-order valence-corrected chi connectivity index (χ3v) is 9.14. The number of fused-ring (bicyclic) bond motifs is 1. The number of nitrogens with zero attached hydrogens (tertiary/aromatic N) is 2. The van der Waals surface area contributed by atoms with Crippen molar-refractivity contribution in [3.05, 3.63) is 11.9 Å². The van der Waals surface area contributed by atoms with Crippen LogP contribution < -0.4 is 4.89 Å². The van der Waals surface area contributed by atoms with Gasteiger partial charge in [-0.1, -0.05) is 12.8 Å². The number of hydrogen-bond acceptors (Lipinski definition) is 6. The van der Waals surface area contributed by atoms with Crippen molar-refractivity contribution in [1.82, 2.24) is 9.34 Å². The predicted molar refractivity (Wildman–Crippen MR) is 101 cm³/mol. The van der Waals surface area contributed by atoms with E-state index >= 15 is 0 Å². The van der Waals surface area contributed by atoms with Crippen LogP contribution in [0.5, 0.6) is 0 Å². The van der Waals surface area contributed by atoms with Gasteiger partial charge in [0.05, 0.1) is 23.8 Å². The average Bonchev–Trinajstić information content (AvgIpc) is 3.26. The van der Waals surface area contributed by atoms with Crippen LogP contribution in [-0.2, 0) is 9.53 Å². The fraction of sp³-hybridized carbons (Fsp3) is 0.842. The molecule has 0 unspecified atom stereocenters. The van der Waals surface area contributed by atoms with E-state index < -0.39 is 13.4 Å². The minimum atomic E-state index is -2.75. The second-order valence-corrected chi connectivity index (χ2v) is 11.7. The molecule has 1 saturated heterocycles. The molecule has 2 aliphatic carbocycles. The fourth-order valence-corrected chi connectivity index (χ4v) is 7.31. The van der Waals surface area contributed by atoms with E-state index in [-0.39, 0.29) is 30.3 Å². The molecule has 3 rings (SSSR count). The standard InChI is InChI=1S/C19H33N2O4P/c1-19(2,3)25-18(23)17-13(14(17)12-22)10-11-26(24)20(4)15-8-6-7-9-16(15)21(26)5/h10-11,13-17,22H,6-9,12H2,1-5H3/b11-10+/t13-,14+,15-,16-,17+/m1/s1. The zero-order valence-electron chi connectivity index (χ0n) is 16.6. The molecule has 0 amide bonds. The Labute approximate surface area is 157 Å². The zero-order valence-corrected chi connectivity index (χ0v) is 17.5. The van der Waals surface area contributed by atoms with Crippen molar-refractivity contribution < 1.29 is 19.5 Å². The second-order valence-electron chi connectivity index (χ2n) is 8.98. The van der Waals surface area contributed by atoms with Crippen molar-refractivity contribution >= 4 is 13.8 Å². The maximum atomic E-state index is 13.7. The van der Waals surface area contributed by atoms with E-state index in [9.17, 15) is 14.8 Å². The van der Waals surface area contributed by atoms with E-state index in [4.69, 9.17) is 4.74 Å². The topological polar surface area (TPSA) is 76.1 Å². The number of ether oxygens (including phenoxy) is 1. The zero-order chi connectivity index (χ0) is 19.3. The molecule has 2 saturated carbocycles. The molecule has 5 atom stereocenters. The second kappa shape index (κ2) is 7.14. The molecule has 1 N–H and O–H groups in total. The monoisotopic (exact) mass is 384 g/mol. The summed E-state index contributed by atoms with van der Waals surface area (Å²) < 4.78 is 9.56. The molecule has 0 spiro atoms. The first-order chi connectivity index (χ1) is 12.1. The molecule has 0 bridgehead atoms. The van der Waals surface area contributed by atoms with E-state index in [1.165, 1.54) is 12.8 Å². The van der Waals surface area contributed by atoms with Crippen molar-refractivity contribution in [1.29, 1.82) is 0 Å².